The molecular formula is C21H25N5O4S. The molecule has 0 atom stereocenters. The minimum Gasteiger partial charge on any atom is -0.493 e. The lowest BCUT2D eigenvalue weighted by atomic mass is 10.1. The molecule has 0 fully saturated rings. The summed E-state index contributed by atoms with van der Waals surface area (Å²) in [5.41, 5.74) is 0.969. The van der Waals surface area contributed by atoms with Crippen LogP contribution in [0.1, 0.15) is 23.3 Å². The van der Waals surface area contributed by atoms with Gasteiger partial charge in [-0.25, -0.2) is 0 Å². The first-order valence-corrected chi connectivity index (χ1v) is 10.8. The van der Waals surface area contributed by atoms with Crippen molar-refractivity contribution < 1.29 is 19.4 Å². The number of hydrogen-bond acceptors (Lipinski definition) is 9. The number of thiophene rings is 1. The van der Waals surface area contributed by atoms with Gasteiger partial charge >= 0.3 is 12.0 Å². The fourth-order valence-electron chi connectivity index (χ4n) is 2.61. The van der Waals surface area contributed by atoms with Gasteiger partial charge in [0.2, 0.25) is 11.9 Å². The van der Waals surface area contributed by atoms with E-state index in [0.29, 0.717) is 44.5 Å². The van der Waals surface area contributed by atoms with E-state index in [2.05, 4.69) is 25.6 Å². The molecule has 0 aliphatic carbocycles. The number of rotatable bonds is 13. The lowest BCUT2D eigenvalue weighted by Crippen LogP contribution is -2.11. The highest BCUT2D eigenvalue weighted by Crippen LogP contribution is 2.15. The molecule has 0 bridgehead atoms. The van der Waals surface area contributed by atoms with Crippen molar-refractivity contribution in [2.24, 2.45) is 0 Å². The molecule has 0 amide bonds. The van der Waals surface area contributed by atoms with E-state index in [-0.39, 0.29) is 12.4 Å². The van der Waals surface area contributed by atoms with Crippen molar-refractivity contribution in [3.63, 3.8) is 0 Å². The predicted octanol–water partition coefficient (Wildman–Crippen LogP) is 3.45. The third kappa shape index (κ3) is 7.74. The van der Waals surface area contributed by atoms with E-state index >= 15 is 0 Å². The van der Waals surface area contributed by atoms with Crippen molar-refractivity contribution in [2.45, 2.75) is 25.8 Å². The van der Waals surface area contributed by atoms with Crippen LogP contribution in [0, 0.1) is 0 Å². The van der Waals surface area contributed by atoms with Crippen molar-refractivity contribution in [2.75, 3.05) is 30.9 Å². The summed E-state index contributed by atoms with van der Waals surface area (Å²) in [4.78, 5) is 24.6. The van der Waals surface area contributed by atoms with Gasteiger partial charge in [-0.3, -0.25) is 4.79 Å². The smallest absolute Gasteiger partial charge is 0.323 e. The van der Waals surface area contributed by atoms with Gasteiger partial charge in [0.05, 0.1) is 19.8 Å². The fraction of sp³-hybridized carbons (Fsp3) is 0.333. The second-order valence-corrected chi connectivity index (χ2v) is 7.57. The van der Waals surface area contributed by atoms with Crippen LogP contribution in [-0.4, -0.2) is 46.3 Å². The van der Waals surface area contributed by atoms with Crippen LogP contribution in [0.15, 0.2) is 41.8 Å². The first kappa shape index (κ1) is 22.3. The highest BCUT2D eigenvalue weighted by Gasteiger charge is 2.07. The van der Waals surface area contributed by atoms with E-state index in [4.69, 9.17) is 14.6 Å². The third-order valence-electron chi connectivity index (χ3n) is 4.18. The molecule has 0 spiro atoms. The number of carboxylic acids is 1. The number of nitrogens with one attached hydrogen (secondary N) is 2. The summed E-state index contributed by atoms with van der Waals surface area (Å²) in [6, 6.07) is 11.7. The molecule has 0 aliphatic heterocycles. The van der Waals surface area contributed by atoms with Crippen LogP contribution < -0.4 is 20.1 Å². The average Bonchev–Trinajstić information content (AvgIpc) is 3.30. The van der Waals surface area contributed by atoms with Crippen molar-refractivity contribution in [1.29, 1.82) is 0 Å². The van der Waals surface area contributed by atoms with Gasteiger partial charge in [-0.15, -0.1) is 11.3 Å². The summed E-state index contributed by atoms with van der Waals surface area (Å²) >= 11 is 1.66. The normalized spacial score (nSPS) is 10.5. The minimum absolute atomic E-state index is 0.120. The number of aryl methyl sites for hydroxylation is 1. The molecule has 0 saturated carbocycles. The highest BCUT2D eigenvalue weighted by molar-refractivity contribution is 7.09. The van der Waals surface area contributed by atoms with Crippen molar-refractivity contribution in [3.8, 4) is 11.8 Å². The molecule has 2 heterocycles. The first-order valence-electron chi connectivity index (χ1n) is 9.89. The molecule has 10 heteroatoms. The lowest BCUT2D eigenvalue weighted by Gasteiger charge is -2.10. The van der Waals surface area contributed by atoms with Crippen LogP contribution in [-0.2, 0) is 17.8 Å². The lowest BCUT2D eigenvalue weighted by molar-refractivity contribution is -0.136. The number of carbonyl (C=O) groups is 1. The molecule has 31 heavy (non-hydrogen) atoms. The van der Waals surface area contributed by atoms with Crippen LogP contribution in [0.4, 0.5) is 11.9 Å². The predicted molar refractivity (Wildman–Crippen MR) is 119 cm³/mol. The molecule has 0 aliphatic rings. The zero-order chi connectivity index (χ0) is 21.9. The Hall–Kier alpha value is -3.40. The molecule has 2 aromatic heterocycles. The summed E-state index contributed by atoms with van der Waals surface area (Å²) in [6.45, 7) is 1.50. The number of nitrogens with zero attached hydrogens (tertiary/aromatic N) is 3. The molecule has 0 unspecified atom stereocenters. The van der Waals surface area contributed by atoms with E-state index in [1.165, 1.54) is 4.88 Å². The third-order valence-corrected chi connectivity index (χ3v) is 5.06. The van der Waals surface area contributed by atoms with E-state index in [1.807, 2.05) is 41.8 Å². The van der Waals surface area contributed by atoms with E-state index < -0.39 is 5.97 Å². The van der Waals surface area contributed by atoms with Crippen LogP contribution in [0.25, 0.3) is 0 Å². The maximum Gasteiger partial charge on any atom is 0.323 e. The maximum absolute atomic E-state index is 10.6. The Labute approximate surface area is 184 Å². The van der Waals surface area contributed by atoms with Gasteiger partial charge in [-0.2, -0.15) is 15.0 Å². The molecule has 3 N–H and O–H groups in total. The van der Waals surface area contributed by atoms with Crippen LogP contribution in [0.5, 0.6) is 11.8 Å². The first-order chi connectivity index (χ1) is 15.1. The number of hydrogen-bond donors (Lipinski definition) is 3. The summed E-state index contributed by atoms with van der Waals surface area (Å²) in [5, 5.41) is 16.8. The summed E-state index contributed by atoms with van der Waals surface area (Å²) in [6.07, 6.45) is 1.28. The molecule has 0 saturated heterocycles. The van der Waals surface area contributed by atoms with E-state index in [0.717, 1.165) is 11.3 Å². The van der Waals surface area contributed by atoms with Gasteiger partial charge in [-0.1, -0.05) is 18.2 Å². The number of anilines is 2. The molecule has 3 aromatic rings. The maximum atomic E-state index is 10.6. The Kier molecular flexibility index (Phi) is 8.41. The molecule has 164 valence electrons. The minimum atomic E-state index is -0.800. The summed E-state index contributed by atoms with van der Waals surface area (Å²) < 4.78 is 11.4. The zero-order valence-corrected chi connectivity index (χ0v) is 18.0. The van der Waals surface area contributed by atoms with Crippen LogP contribution in [0.3, 0.4) is 0 Å². The SMILES string of the molecule is CNc1nc(NCc2cccs2)nc(OCCCOc2ccc(CCC(=O)O)cc2)n1. The van der Waals surface area contributed by atoms with Crippen LogP contribution >= 0.6 is 11.3 Å². The van der Waals surface area contributed by atoms with Crippen LogP contribution in [0.2, 0.25) is 0 Å². The molecular weight excluding hydrogens is 418 g/mol. The van der Waals surface area contributed by atoms with Crippen molar-refractivity contribution >= 4 is 29.2 Å². The fourth-order valence-corrected chi connectivity index (χ4v) is 3.25. The molecule has 0 radical (unpaired) electrons. The summed E-state index contributed by atoms with van der Waals surface area (Å²) in [7, 11) is 1.74. The van der Waals surface area contributed by atoms with Gasteiger partial charge in [-0.05, 0) is 35.6 Å². The Morgan fingerprint density at radius 2 is 1.84 bits per heavy atom. The molecule has 1 aromatic carbocycles. The average molecular weight is 444 g/mol. The van der Waals surface area contributed by atoms with Gasteiger partial charge in [0.15, 0.2) is 0 Å². The largest absolute Gasteiger partial charge is 0.493 e. The number of aromatic nitrogens is 3. The second-order valence-electron chi connectivity index (χ2n) is 6.54. The number of carboxylic acid groups (broad SMARTS) is 1. The summed E-state index contributed by atoms with van der Waals surface area (Å²) in [5.74, 6) is 0.808. The van der Waals surface area contributed by atoms with Crippen molar-refractivity contribution in [1.82, 2.24) is 15.0 Å². The number of benzene rings is 1. The quantitative estimate of drug-likeness (QED) is 0.341. The van der Waals surface area contributed by atoms with Gasteiger partial charge in [0.1, 0.15) is 5.75 Å². The second kappa shape index (κ2) is 11.7. The number of aliphatic carboxylic acids is 1. The van der Waals surface area contributed by atoms with Gasteiger partial charge < -0.3 is 25.2 Å². The van der Waals surface area contributed by atoms with E-state index in [1.54, 1.807) is 18.4 Å². The molecule has 9 nitrogen and oxygen atoms in total. The number of ether oxygens (including phenoxy) is 2. The van der Waals surface area contributed by atoms with Gasteiger partial charge in [0, 0.05) is 24.8 Å². The zero-order valence-electron chi connectivity index (χ0n) is 17.2. The highest BCUT2D eigenvalue weighted by atomic mass is 32.1. The Morgan fingerprint density at radius 1 is 1.06 bits per heavy atom. The monoisotopic (exact) mass is 443 g/mol. The Morgan fingerprint density at radius 3 is 2.55 bits per heavy atom. The Balaban J connectivity index is 1.41. The van der Waals surface area contributed by atoms with Crippen molar-refractivity contribution in [3.05, 3.63) is 52.2 Å². The van der Waals surface area contributed by atoms with E-state index in [9.17, 15) is 4.79 Å². The standard InChI is InChI=1S/C21H25N5O4S/c1-22-19-24-20(23-14-17-4-2-13-31-17)26-21(25-19)30-12-3-11-29-16-8-5-15(6-9-16)7-10-18(27)28/h2,4-6,8-9,13H,3,7,10-12,14H2,1H3,(H,27,28)(H2,22,23,24,25,26). The topological polar surface area (TPSA) is 118 Å². The molecule has 3 rings (SSSR count). The van der Waals surface area contributed by atoms with Gasteiger partial charge in [0.25, 0.3) is 0 Å². The Bertz CT molecular complexity index is 951.